The number of Topliss-reactive ketones (excluding diaryl/α,β-unsaturated/α-hetero) is 1. The summed E-state index contributed by atoms with van der Waals surface area (Å²) in [6.07, 6.45) is 4.70. The lowest BCUT2D eigenvalue weighted by molar-refractivity contribution is -0.139. The van der Waals surface area contributed by atoms with Gasteiger partial charge in [0.1, 0.15) is 11.6 Å². The van der Waals surface area contributed by atoms with Crippen LogP contribution in [0.5, 0.6) is 0 Å². The Hall–Kier alpha value is -3.73. The molecule has 3 aromatic rings. The normalized spacial score (nSPS) is 19.3. The number of benzene rings is 3. The van der Waals surface area contributed by atoms with Gasteiger partial charge >= 0.3 is 0 Å². The molecule has 1 heterocycles. The molecule has 34 heavy (non-hydrogen) atoms. The van der Waals surface area contributed by atoms with E-state index in [-0.39, 0.29) is 23.7 Å². The van der Waals surface area contributed by atoms with E-state index in [1.165, 1.54) is 28.2 Å². The Balaban J connectivity index is 1.54. The Morgan fingerprint density at radius 1 is 0.912 bits per heavy atom. The number of amides is 1. The van der Waals surface area contributed by atoms with Crippen molar-refractivity contribution in [2.24, 2.45) is 0 Å². The van der Waals surface area contributed by atoms with Gasteiger partial charge in [-0.15, -0.1) is 0 Å². The number of ketones is 1. The van der Waals surface area contributed by atoms with Gasteiger partial charge in [-0.2, -0.15) is 0 Å². The molecule has 1 aliphatic carbocycles. The summed E-state index contributed by atoms with van der Waals surface area (Å²) >= 11 is 0. The van der Waals surface area contributed by atoms with Crippen LogP contribution in [0.3, 0.4) is 0 Å². The molecule has 3 aromatic carbocycles. The molecular weight excluding hydrogens is 429 g/mol. The molecule has 0 radical (unpaired) electrons. The Labute approximate surface area is 198 Å². The standard InChI is InChI=1S/C29H26FNO3/c30-24-14-10-19(11-15-24)16-17-31-26(21-7-2-1-3-8-21)25(28(33)29(31)34)27(32)23-13-12-20-6-4-5-9-22(20)18-23/h1-3,7-8,10-15,18,26,32H,4-6,9,16-17H2/b27-25-. The molecule has 4 nitrogen and oxygen atoms in total. The van der Waals surface area contributed by atoms with Gasteiger partial charge < -0.3 is 10.0 Å². The predicted molar refractivity (Wildman–Crippen MR) is 129 cm³/mol. The molecular formula is C29H26FNO3. The van der Waals surface area contributed by atoms with Crippen molar-refractivity contribution < 1.29 is 19.1 Å². The number of nitrogens with zero attached hydrogens (tertiary/aromatic N) is 1. The molecule has 1 aliphatic heterocycles. The molecule has 1 amide bonds. The lowest BCUT2D eigenvalue weighted by Gasteiger charge is -2.25. The predicted octanol–water partition coefficient (Wildman–Crippen LogP) is 5.37. The Bertz CT molecular complexity index is 1260. The van der Waals surface area contributed by atoms with Crippen LogP contribution >= 0.6 is 0 Å². The largest absolute Gasteiger partial charge is 0.507 e. The van der Waals surface area contributed by atoms with Crippen LogP contribution in [0.2, 0.25) is 0 Å². The average molecular weight is 456 g/mol. The third-order valence-electron chi connectivity index (χ3n) is 6.83. The summed E-state index contributed by atoms with van der Waals surface area (Å²) in [4.78, 5) is 27.8. The highest BCUT2D eigenvalue weighted by atomic mass is 19.1. The fourth-order valence-electron chi connectivity index (χ4n) is 5.03. The Morgan fingerprint density at radius 2 is 1.62 bits per heavy atom. The highest BCUT2D eigenvalue weighted by molar-refractivity contribution is 6.46. The number of aliphatic hydroxyl groups is 1. The van der Waals surface area contributed by atoms with Crippen molar-refractivity contribution in [1.82, 2.24) is 4.90 Å². The molecule has 1 fully saturated rings. The molecule has 172 valence electrons. The highest BCUT2D eigenvalue weighted by Gasteiger charge is 2.45. The van der Waals surface area contributed by atoms with Gasteiger partial charge in [0, 0.05) is 12.1 Å². The number of fused-ring (bicyclic) bond motifs is 1. The Morgan fingerprint density at radius 3 is 2.35 bits per heavy atom. The van der Waals surface area contributed by atoms with Gasteiger partial charge in [0.2, 0.25) is 0 Å². The van der Waals surface area contributed by atoms with E-state index < -0.39 is 17.7 Å². The number of halogens is 1. The van der Waals surface area contributed by atoms with Crippen LogP contribution in [0.15, 0.2) is 78.4 Å². The smallest absolute Gasteiger partial charge is 0.295 e. The SMILES string of the molecule is O=C1C(=O)N(CCc2ccc(F)cc2)C(c2ccccc2)/C1=C(/O)c1ccc2c(c1)CCCC2. The third kappa shape index (κ3) is 4.14. The molecule has 5 rings (SSSR count). The van der Waals surface area contributed by atoms with Gasteiger partial charge in [0.15, 0.2) is 0 Å². The van der Waals surface area contributed by atoms with Gasteiger partial charge in [-0.25, -0.2) is 4.39 Å². The fraction of sp³-hybridized carbons (Fsp3) is 0.241. The van der Waals surface area contributed by atoms with Crippen molar-refractivity contribution in [3.8, 4) is 0 Å². The van der Waals surface area contributed by atoms with Gasteiger partial charge in [-0.3, -0.25) is 9.59 Å². The molecule has 1 saturated heterocycles. The molecule has 5 heteroatoms. The van der Waals surface area contributed by atoms with E-state index in [1.807, 2.05) is 48.5 Å². The first kappa shape index (κ1) is 22.1. The van der Waals surface area contributed by atoms with Gasteiger partial charge in [0.05, 0.1) is 11.6 Å². The molecule has 0 aromatic heterocycles. The van der Waals surface area contributed by atoms with Gasteiger partial charge in [-0.05, 0) is 72.6 Å². The van der Waals surface area contributed by atoms with E-state index in [0.717, 1.165) is 36.8 Å². The van der Waals surface area contributed by atoms with Gasteiger partial charge in [-0.1, -0.05) is 54.6 Å². The number of hydrogen-bond acceptors (Lipinski definition) is 3. The van der Waals surface area contributed by atoms with E-state index in [1.54, 1.807) is 12.1 Å². The van der Waals surface area contributed by atoms with E-state index in [9.17, 15) is 19.1 Å². The van der Waals surface area contributed by atoms with Crippen molar-refractivity contribution in [2.45, 2.75) is 38.1 Å². The summed E-state index contributed by atoms with van der Waals surface area (Å²) in [6, 6.07) is 20.6. The minimum atomic E-state index is -0.683. The van der Waals surface area contributed by atoms with Crippen LogP contribution in [0.1, 0.15) is 46.7 Å². The lowest BCUT2D eigenvalue weighted by Crippen LogP contribution is -2.31. The van der Waals surface area contributed by atoms with Gasteiger partial charge in [0.25, 0.3) is 11.7 Å². The second-order valence-corrected chi connectivity index (χ2v) is 8.97. The lowest BCUT2D eigenvalue weighted by atomic mass is 9.88. The van der Waals surface area contributed by atoms with Crippen LogP contribution in [0, 0.1) is 5.82 Å². The maximum Gasteiger partial charge on any atom is 0.295 e. The van der Waals surface area contributed by atoms with Crippen molar-refractivity contribution in [1.29, 1.82) is 0 Å². The van der Waals surface area contributed by atoms with E-state index >= 15 is 0 Å². The fourth-order valence-corrected chi connectivity index (χ4v) is 5.03. The maximum absolute atomic E-state index is 13.3. The third-order valence-corrected chi connectivity index (χ3v) is 6.83. The quantitative estimate of drug-likeness (QED) is 0.320. The zero-order valence-corrected chi connectivity index (χ0v) is 18.8. The summed E-state index contributed by atoms with van der Waals surface area (Å²) in [5.74, 6) is -1.76. The van der Waals surface area contributed by atoms with Crippen molar-refractivity contribution in [3.63, 3.8) is 0 Å². The van der Waals surface area contributed by atoms with Crippen molar-refractivity contribution in [2.75, 3.05) is 6.54 Å². The molecule has 0 saturated carbocycles. The molecule has 0 spiro atoms. The van der Waals surface area contributed by atoms with Crippen LogP contribution in [-0.2, 0) is 28.9 Å². The summed E-state index contributed by atoms with van der Waals surface area (Å²) in [5, 5.41) is 11.3. The summed E-state index contributed by atoms with van der Waals surface area (Å²) < 4.78 is 13.3. The van der Waals surface area contributed by atoms with E-state index in [0.29, 0.717) is 12.0 Å². The van der Waals surface area contributed by atoms with E-state index in [2.05, 4.69) is 0 Å². The Kier molecular flexibility index (Phi) is 6.01. The topological polar surface area (TPSA) is 57.6 Å². The molecule has 1 N–H and O–H groups in total. The first-order chi connectivity index (χ1) is 16.5. The minimum Gasteiger partial charge on any atom is -0.507 e. The summed E-state index contributed by atoms with van der Waals surface area (Å²) in [6.45, 7) is 0.275. The average Bonchev–Trinajstić information content (AvgIpc) is 3.13. The van der Waals surface area contributed by atoms with Crippen molar-refractivity contribution >= 4 is 17.4 Å². The number of hydrogen-bond donors (Lipinski definition) is 1. The summed E-state index contributed by atoms with van der Waals surface area (Å²) in [7, 11) is 0. The number of aliphatic hydroxyl groups excluding tert-OH is 1. The van der Waals surface area contributed by atoms with Crippen LogP contribution in [-0.4, -0.2) is 28.2 Å². The summed E-state index contributed by atoms with van der Waals surface area (Å²) in [5.41, 5.74) is 4.79. The molecule has 1 unspecified atom stereocenters. The monoisotopic (exact) mass is 455 g/mol. The van der Waals surface area contributed by atoms with Crippen molar-refractivity contribution in [3.05, 3.63) is 112 Å². The second-order valence-electron chi connectivity index (χ2n) is 8.97. The minimum absolute atomic E-state index is 0.117. The van der Waals surface area contributed by atoms with Crippen LogP contribution in [0.4, 0.5) is 4.39 Å². The van der Waals surface area contributed by atoms with Crippen LogP contribution in [0.25, 0.3) is 5.76 Å². The number of rotatable bonds is 5. The molecule has 0 bridgehead atoms. The maximum atomic E-state index is 13.3. The molecule has 1 atom stereocenters. The van der Waals surface area contributed by atoms with Crippen LogP contribution < -0.4 is 0 Å². The second kappa shape index (κ2) is 9.26. The zero-order valence-electron chi connectivity index (χ0n) is 18.8. The first-order valence-electron chi connectivity index (χ1n) is 11.7. The molecule has 2 aliphatic rings. The number of carbonyl (C=O) groups excluding carboxylic acids is 2. The number of aryl methyl sites for hydroxylation is 2. The number of likely N-dealkylation sites (tertiary alicyclic amines) is 1. The first-order valence-corrected chi connectivity index (χ1v) is 11.7. The highest BCUT2D eigenvalue weighted by Crippen LogP contribution is 2.39. The zero-order chi connectivity index (χ0) is 23.7. The van der Waals surface area contributed by atoms with E-state index in [4.69, 9.17) is 0 Å². The number of carbonyl (C=O) groups is 2.